The van der Waals surface area contributed by atoms with Gasteiger partial charge in [0.05, 0.1) is 0 Å². The molecule has 0 saturated carbocycles. The van der Waals surface area contributed by atoms with E-state index >= 15 is 0 Å². The first-order chi connectivity index (χ1) is 9.24. The van der Waals surface area contributed by atoms with Crippen LogP contribution in [0.3, 0.4) is 0 Å². The van der Waals surface area contributed by atoms with Gasteiger partial charge < -0.3 is 10.2 Å². The summed E-state index contributed by atoms with van der Waals surface area (Å²) < 4.78 is 0. The van der Waals surface area contributed by atoms with Crippen molar-refractivity contribution >= 4 is 5.91 Å². The molecule has 1 amide bonds. The number of rotatable bonds is 3. The Hall–Kier alpha value is -0.570. The minimum Gasteiger partial charge on any atom is -0.342 e. The van der Waals surface area contributed by atoms with E-state index in [0.717, 1.165) is 25.4 Å². The van der Waals surface area contributed by atoms with E-state index in [9.17, 15) is 4.79 Å². The van der Waals surface area contributed by atoms with Crippen molar-refractivity contribution in [2.75, 3.05) is 13.1 Å². The molecule has 0 aromatic heterocycles. The second kappa shape index (κ2) is 5.82. The van der Waals surface area contributed by atoms with E-state index in [0.29, 0.717) is 23.9 Å². The zero-order chi connectivity index (χ0) is 13.2. The SMILES string of the molecule is CCC1CCCN(C(=O)CC2CC3CCC(C2)N3)C1. The van der Waals surface area contributed by atoms with Gasteiger partial charge in [-0.25, -0.2) is 0 Å². The molecule has 108 valence electrons. The molecule has 1 N–H and O–H groups in total. The number of piperidine rings is 2. The van der Waals surface area contributed by atoms with Gasteiger partial charge in [0.15, 0.2) is 0 Å². The van der Waals surface area contributed by atoms with Crippen LogP contribution in [0.25, 0.3) is 0 Å². The number of nitrogens with one attached hydrogen (secondary N) is 1. The average Bonchev–Trinajstić information content (AvgIpc) is 2.78. The lowest BCUT2D eigenvalue weighted by molar-refractivity contribution is -0.134. The zero-order valence-electron chi connectivity index (χ0n) is 12.2. The predicted molar refractivity (Wildman–Crippen MR) is 76.9 cm³/mol. The Labute approximate surface area is 117 Å². The molecule has 3 unspecified atom stereocenters. The van der Waals surface area contributed by atoms with Gasteiger partial charge in [-0.15, -0.1) is 0 Å². The molecule has 0 spiro atoms. The molecular formula is C16H28N2O. The van der Waals surface area contributed by atoms with Crippen LogP contribution >= 0.6 is 0 Å². The third-order valence-corrected chi connectivity index (χ3v) is 5.48. The largest absolute Gasteiger partial charge is 0.342 e. The Morgan fingerprint density at radius 3 is 2.58 bits per heavy atom. The number of carbonyl (C=O) groups excluding carboxylic acids is 1. The van der Waals surface area contributed by atoms with Crippen LogP contribution in [0.15, 0.2) is 0 Å². The van der Waals surface area contributed by atoms with Gasteiger partial charge in [-0.1, -0.05) is 13.3 Å². The maximum Gasteiger partial charge on any atom is 0.222 e. The van der Waals surface area contributed by atoms with E-state index in [1.807, 2.05) is 0 Å². The highest BCUT2D eigenvalue weighted by atomic mass is 16.2. The Morgan fingerprint density at radius 1 is 1.16 bits per heavy atom. The predicted octanol–water partition coefficient (Wildman–Crippen LogP) is 2.56. The Morgan fingerprint density at radius 2 is 1.89 bits per heavy atom. The zero-order valence-corrected chi connectivity index (χ0v) is 12.2. The molecule has 3 atom stereocenters. The van der Waals surface area contributed by atoms with Crippen molar-refractivity contribution in [3.63, 3.8) is 0 Å². The number of nitrogens with zero attached hydrogens (tertiary/aromatic N) is 1. The smallest absolute Gasteiger partial charge is 0.222 e. The summed E-state index contributed by atoms with van der Waals surface area (Å²) in [5, 5.41) is 3.66. The number of hydrogen-bond acceptors (Lipinski definition) is 2. The fourth-order valence-corrected chi connectivity index (χ4v) is 4.34. The number of amides is 1. The number of likely N-dealkylation sites (tertiary alicyclic amines) is 1. The minimum atomic E-state index is 0.435. The normalized spacial score (nSPS) is 38.5. The molecule has 0 radical (unpaired) electrons. The number of hydrogen-bond donors (Lipinski definition) is 1. The molecule has 3 aliphatic heterocycles. The fraction of sp³-hybridized carbons (Fsp3) is 0.938. The van der Waals surface area contributed by atoms with Gasteiger partial charge in [0.2, 0.25) is 5.91 Å². The van der Waals surface area contributed by atoms with Crippen molar-refractivity contribution in [1.82, 2.24) is 10.2 Å². The van der Waals surface area contributed by atoms with Crippen LogP contribution in [0, 0.1) is 11.8 Å². The van der Waals surface area contributed by atoms with Gasteiger partial charge in [0.25, 0.3) is 0 Å². The van der Waals surface area contributed by atoms with Gasteiger partial charge in [-0.2, -0.15) is 0 Å². The van der Waals surface area contributed by atoms with Crippen molar-refractivity contribution in [3.8, 4) is 0 Å². The molecule has 0 aliphatic carbocycles. The lowest BCUT2D eigenvalue weighted by Crippen LogP contribution is -2.43. The fourth-order valence-electron chi connectivity index (χ4n) is 4.34. The second-order valence-corrected chi connectivity index (χ2v) is 6.94. The van der Waals surface area contributed by atoms with Crippen LogP contribution in [0.5, 0.6) is 0 Å². The van der Waals surface area contributed by atoms with Gasteiger partial charge in [-0.3, -0.25) is 4.79 Å². The standard InChI is InChI=1S/C16H28N2O/c1-2-12-4-3-7-18(11-12)16(19)10-13-8-14-5-6-15(9-13)17-14/h12-15,17H,2-11H2,1H3. The van der Waals surface area contributed by atoms with Crippen LogP contribution < -0.4 is 5.32 Å². The van der Waals surface area contributed by atoms with Gasteiger partial charge in [0.1, 0.15) is 0 Å². The molecule has 3 rings (SSSR count). The maximum absolute atomic E-state index is 12.5. The van der Waals surface area contributed by atoms with Gasteiger partial charge in [-0.05, 0) is 50.4 Å². The quantitative estimate of drug-likeness (QED) is 0.849. The first-order valence-corrected chi connectivity index (χ1v) is 8.28. The average molecular weight is 264 g/mol. The highest BCUT2D eigenvalue weighted by Gasteiger charge is 2.35. The molecule has 3 nitrogen and oxygen atoms in total. The lowest BCUT2D eigenvalue weighted by atomic mass is 9.88. The van der Waals surface area contributed by atoms with Gasteiger partial charge in [0, 0.05) is 31.6 Å². The third kappa shape index (κ3) is 3.13. The van der Waals surface area contributed by atoms with Crippen molar-refractivity contribution in [1.29, 1.82) is 0 Å². The summed E-state index contributed by atoms with van der Waals surface area (Å²) in [5.74, 6) is 1.83. The molecular weight excluding hydrogens is 236 g/mol. The minimum absolute atomic E-state index is 0.435. The molecule has 0 aromatic carbocycles. The van der Waals surface area contributed by atoms with Crippen LogP contribution in [0.2, 0.25) is 0 Å². The molecule has 3 fully saturated rings. The summed E-state index contributed by atoms with van der Waals surface area (Å²) >= 11 is 0. The molecule has 3 aliphatic rings. The summed E-state index contributed by atoms with van der Waals surface area (Å²) in [7, 11) is 0. The molecule has 19 heavy (non-hydrogen) atoms. The van der Waals surface area contributed by atoms with E-state index in [2.05, 4.69) is 17.1 Å². The Kier molecular flexibility index (Phi) is 4.11. The monoisotopic (exact) mass is 264 g/mol. The van der Waals surface area contributed by atoms with Crippen LogP contribution in [-0.2, 0) is 4.79 Å². The molecule has 3 heterocycles. The van der Waals surface area contributed by atoms with Crippen molar-refractivity contribution in [2.24, 2.45) is 11.8 Å². The summed E-state index contributed by atoms with van der Waals surface area (Å²) in [6.45, 7) is 4.28. The number of fused-ring (bicyclic) bond motifs is 2. The van der Waals surface area contributed by atoms with E-state index in [-0.39, 0.29) is 0 Å². The topological polar surface area (TPSA) is 32.3 Å². The molecule has 3 saturated heterocycles. The molecule has 2 bridgehead atoms. The first-order valence-electron chi connectivity index (χ1n) is 8.28. The van der Waals surface area contributed by atoms with E-state index in [4.69, 9.17) is 0 Å². The van der Waals surface area contributed by atoms with E-state index in [1.54, 1.807) is 0 Å². The van der Waals surface area contributed by atoms with Crippen molar-refractivity contribution in [3.05, 3.63) is 0 Å². The summed E-state index contributed by atoms with van der Waals surface area (Å²) in [4.78, 5) is 14.6. The van der Waals surface area contributed by atoms with Crippen molar-refractivity contribution < 1.29 is 4.79 Å². The summed E-state index contributed by atoms with van der Waals surface area (Å²) in [6.07, 6.45) is 9.68. The lowest BCUT2D eigenvalue weighted by Gasteiger charge is -2.35. The highest BCUT2D eigenvalue weighted by Crippen LogP contribution is 2.33. The second-order valence-electron chi connectivity index (χ2n) is 6.94. The summed E-state index contributed by atoms with van der Waals surface area (Å²) in [5.41, 5.74) is 0. The Bertz CT molecular complexity index is 319. The van der Waals surface area contributed by atoms with Crippen molar-refractivity contribution in [2.45, 2.75) is 70.4 Å². The third-order valence-electron chi connectivity index (χ3n) is 5.48. The molecule has 0 aromatic rings. The van der Waals surface area contributed by atoms with Crippen LogP contribution in [0.1, 0.15) is 58.3 Å². The summed E-state index contributed by atoms with van der Waals surface area (Å²) in [6, 6.07) is 1.42. The maximum atomic E-state index is 12.5. The Balaban J connectivity index is 1.50. The van der Waals surface area contributed by atoms with E-state index < -0.39 is 0 Å². The molecule has 3 heteroatoms. The number of carbonyl (C=O) groups is 1. The van der Waals surface area contributed by atoms with Gasteiger partial charge >= 0.3 is 0 Å². The van der Waals surface area contributed by atoms with Crippen LogP contribution in [0.4, 0.5) is 0 Å². The van der Waals surface area contributed by atoms with Crippen LogP contribution in [-0.4, -0.2) is 36.0 Å². The highest BCUT2D eigenvalue weighted by molar-refractivity contribution is 5.76. The first kappa shape index (κ1) is 13.4. The van der Waals surface area contributed by atoms with E-state index in [1.165, 1.54) is 44.9 Å².